The molecule has 1 atom stereocenters. The van der Waals surface area contributed by atoms with Crippen LogP contribution in [-0.2, 0) is 4.79 Å². The highest BCUT2D eigenvalue weighted by atomic mass is 16.4. The van der Waals surface area contributed by atoms with Gasteiger partial charge >= 0.3 is 5.97 Å². The average molecular weight is 263 g/mol. The van der Waals surface area contributed by atoms with Crippen molar-refractivity contribution < 1.29 is 9.90 Å². The van der Waals surface area contributed by atoms with Gasteiger partial charge in [-0.05, 0) is 75.7 Å². The van der Waals surface area contributed by atoms with Crippen LogP contribution in [0.15, 0.2) is 0 Å². The number of carboxylic acid groups (broad SMARTS) is 1. The largest absolute Gasteiger partial charge is 0.481 e. The number of carboxylic acids is 1. The summed E-state index contributed by atoms with van der Waals surface area (Å²) in [5, 5.41) is 9.15. The maximum Gasteiger partial charge on any atom is 0.304 e. The molecule has 0 aromatic rings. The number of nitrogens with zero attached hydrogens (tertiary/aromatic N) is 1. The van der Waals surface area contributed by atoms with E-state index in [0.29, 0.717) is 18.0 Å². The van der Waals surface area contributed by atoms with E-state index >= 15 is 0 Å². The van der Waals surface area contributed by atoms with E-state index in [1.54, 1.807) is 0 Å². The minimum absolute atomic E-state index is 0.328. The van der Waals surface area contributed by atoms with Crippen LogP contribution < -0.4 is 0 Å². The first kappa shape index (κ1) is 12.2. The van der Waals surface area contributed by atoms with E-state index in [1.807, 2.05) is 0 Å². The highest BCUT2D eigenvalue weighted by Crippen LogP contribution is 2.58. The molecule has 1 unspecified atom stereocenters. The summed E-state index contributed by atoms with van der Waals surface area (Å²) in [7, 11) is 0. The topological polar surface area (TPSA) is 40.5 Å². The van der Waals surface area contributed by atoms with Gasteiger partial charge in [0.05, 0.1) is 6.42 Å². The average Bonchev–Trinajstić information content (AvgIpc) is 2.74. The molecule has 19 heavy (non-hydrogen) atoms. The zero-order valence-corrected chi connectivity index (χ0v) is 11.7. The van der Waals surface area contributed by atoms with E-state index in [1.165, 1.54) is 44.9 Å². The molecule has 5 rings (SSSR count). The van der Waals surface area contributed by atoms with E-state index in [-0.39, 0.29) is 0 Å². The summed E-state index contributed by atoms with van der Waals surface area (Å²) in [6.07, 6.45) is 11.2. The van der Waals surface area contributed by atoms with Crippen LogP contribution in [0, 0.1) is 17.8 Å². The van der Waals surface area contributed by atoms with Crippen LogP contribution in [0.5, 0.6) is 0 Å². The number of hydrogen-bond donors (Lipinski definition) is 1. The molecule has 3 nitrogen and oxygen atoms in total. The molecule has 0 radical (unpaired) electrons. The Kier molecular flexibility index (Phi) is 2.70. The molecule has 1 aliphatic heterocycles. The second-order valence-electron chi connectivity index (χ2n) is 7.73. The van der Waals surface area contributed by atoms with Gasteiger partial charge < -0.3 is 5.11 Å². The molecule has 1 N–H and O–H groups in total. The molecular formula is C16H25NO2. The molecule has 4 saturated carbocycles. The number of likely N-dealkylation sites (tertiary alicyclic amines) is 1. The Morgan fingerprint density at radius 1 is 1.11 bits per heavy atom. The molecule has 0 aromatic heterocycles. The summed E-state index contributed by atoms with van der Waals surface area (Å²) in [4.78, 5) is 13.8. The summed E-state index contributed by atoms with van der Waals surface area (Å²) in [6.45, 7) is 1.16. The van der Waals surface area contributed by atoms with Gasteiger partial charge in [-0.1, -0.05) is 0 Å². The highest BCUT2D eigenvalue weighted by Gasteiger charge is 2.55. The van der Waals surface area contributed by atoms with Gasteiger partial charge in [-0.25, -0.2) is 0 Å². The van der Waals surface area contributed by atoms with Gasteiger partial charge in [-0.15, -0.1) is 0 Å². The maximum absolute atomic E-state index is 11.1. The molecule has 4 bridgehead atoms. The molecule has 0 aromatic carbocycles. The van der Waals surface area contributed by atoms with Crippen LogP contribution in [0.25, 0.3) is 0 Å². The Balaban J connectivity index is 1.58. The number of rotatable bonds is 3. The predicted octanol–water partition coefficient (Wildman–Crippen LogP) is 2.89. The molecule has 5 aliphatic rings. The molecular weight excluding hydrogens is 238 g/mol. The Morgan fingerprint density at radius 2 is 1.68 bits per heavy atom. The molecule has 0 spiro atoms. The third-order valence-corrected chi connectivity index (χ3v) is 6.40. The Morgan fingerprint density at radius 3 is 2.21 bits per heavy atom. The highest BCUT2D eigenvalue weighted by molar-refractivity contribution is 5.67. The second kappa shape index (κ2) is 4.21. The minimum Gasteiger partial charge on any atom is -0.481 e. The lowest BCUT2D eigenvalue weighted by atomic mass is 9.52. The first-order chi connectivity index (χ1) is 9.14. The van der Waals surface area contributed by atoms with Gasteiger partial charge in [0, 0.05) is 11.6 Å². The van der Waals surface area contributed by atoms with Crippen LogP contribution in [0.2, 0.25) is 0 Å². The SMILES string of the molecule is O=C(O)CC1CCCN1C12CC3CC(CC(C3)C1)C2. The third-order valence-electron chi connectivity index (χ3n) is 6.40. The fourth-order valence-electron chi connectivity index (χ4n) is 6.29. The summed E-state index contributed by atoms with van der Waals surface area (Å²) in [5.41, 5.74) is 0.408. The van der Waals surface area contributed by atoms with Crippen molar-refractivity contribution in [1.29, 1.82) is 0 Å². The fraction of sp³-hybridized carbons (Fsp3) is 0.938. The molecule has 106 valence electrons. The van der Waals surface area contributed by atoms with Crippen molar-refractivity contribution in [2.45, 2.75) is 69.4 Å². The van der Waals surface area contributed by atoms with Crippen LogP contribution in [0.1, 0.15) is 57.8 Å². The van der Waals surface area contributed by atoms with E-state index in [9.17, 15) is 4.79 Å². The lowest BCUT2D eigenvalue weighted by Gasteiger charge is -2.61. The third kappa shape index (κ3) is 1.93. The molecule has 1 saturated heterocycles. The zero-order valence-electron chi connectivity index (χ0n) is 11.7. The van der Waals surface area contributed by atoms with Gasteiger partial charge in [0.2, 0.25) is 0 Å². The summed E-state index contributed by atoms with van der Waals surface area (Å²) >= 11 is 0. The summed E-state index contributed by atoms with van der Waals surface area (Å²) in [5.74, 6) is 2.26. The van der Waals surface area contributed by atoms with E-state index in [2.05, 4.69) is 4.90 Å². The lowest BCUT2D eigenvalue weighted by molar-refractivity contribution is -0.140. The number of carbonyl (C=O) groups is 1. The Hall–Kier alpha value is -0.570. The smallest absolute Gasteiger partial charge is 0.304 e. The first-order valence-electron chi connectivity index (χ1n) is 8.13. The van der Waals surface area contributed by atoms with Gasteiger partial charge in [0.25, 0.3) is 0 Å². The van der Waals surface area contributed by atoms with Crippen LogP contribution in [-0.4, -0.2) is 34.1 Å². The van der Waals surface area contributed by atoms with Crippen molar-refractivity contribution in [1.82, 2.24) is 4.90 Å². The Bertz CT molecular complexity index is 357. The zero-order chi connectivity index (χ0) is 13.0. The van der Waals surface area contributed by atoms with Crippen LogP contribution in [0.3, 0.4) is 0 Å². The van der Waals surface area contributed by atoms with Crippen molar-refractivity contribution >= 4 is 5.97 Å². The molecule has 0 amide bonds. The normalized spacial score (nSPS) is 48.8. The number of hydrogen-bond acceptors (Lipinski definition) is 2. The van der Waals surface area contributed by atoms with Gasteiger partial charge in [0.15, 0.2) is 0 Å². The summed E-state index contributed by atoms with van der Waals surface area (Å²) in [6, 6.07) is 0.328. The standard InChI is InChI=1S/C16H25NO2/c18-15(19)7-14-2-1-3-17(14)16-8-11-4-12(9-16)6-13(5-11)10-16/h11-14H,1-10H2,(H,18,19). The van der Waals surface area contributed by atoms with E-state index < -0.39 is 5.97 Å². The van der Waals surface area contributed by atoms with Crippen molar-refractivity contribution in [3.05, 3.63) is 0 Å². The van der Waals surface area contributed by atoms with Crippen molar-refractivity contribution in [2.75, 3.05) is 6.54 Å². The van der Waals surface area contributed by atoms with Crippen molar-refractivity contribution in [3.8, 4) is 0 Å². The minimum atomic E-state index is -0.610. The second-order valence-corrected chi connectivity index (χ2v) is 7.73. The van der Waals surface area contributed by atoms with Gasteiger partial charge in [-0.3, -0.25) is 9.69 Å². The predicted molar refractivity (Wildman–Crippen MR) is 72.9 cm³/mol. The van der Waals surface area contributed by atoms with Gasteiger partial charge in [-0.2, -0.15) is 0 Å². The van der Waals surface area contributed by atoms with Gasteiger partial charge in [0.1, 0.15) is 0 Å². The maximum atomic E-state index is 11.1. The van der Waals surface area contributed by atoms with Crippen LogP contribution in [0.4, 0.5) is 0 Å². The van der Waals surface area contributed by atoms with E-state index in [0.717, 1.165) is 30.7 Å². The van der Waals surface area contributed by atoms with E-state index in [4.69, 9.17) is 5.11 Å². The molecule has 1 heterocycles. The quantitative estimate of drug-likeness (QED) is 0.851. The first-order valence-corrected chi connectivity index (χ1v) is 8.13. The van der Waals surface area contributed by atoms with Crippen LogP contribution >= 0.6 is 0 Å². The monoisotopic (exact) mass is 263 g/mol. The summed E-state index contributed by atoms with van der Waals surface area (Å²) < 4.78 is 0. The molecule has 5 fully saturated rings. The fourth-order valence-corrected chi connectivity index (χ4v) is 6.29. The van der Waals surface area contributed by atoms with Crippen molar-refractivity contribution in [3.63, 3.8) is 0 Å². The molecule has 3 heteroatoms. The number of aliphatic carboxylic acids is 1. The Labute approximate surface area is 115 Å². The lowest BCUT2D eigenvalue weighted by Crippen LogP contribution is -2.61. The molecule has 4 aliphatic carbocycles. The van der Waals surface area contributed by atoms with Crippen molar-refractivity contribution in [2.24, 2.45) is 17.8 Å².